The number of nitrogens with zero attached hydrogens (tertiary/aromatic N) is 1. The first-order chi connectivity index (χ1) is 11.1. The Kier molecular flexibility index (Phi) is 4.33. The van der Waals surface area contributed by atoms with E-state index >= 15 is 0 Å². The molecule has 0 bridgehead atoms. The van der Waals surface area contributed by atoms with Crippen LogP contribution in [0.1, 0.15) is 16.2 Å². The Morgan fingerprint density at radius 3 is 2.61 bits per heavy atom. The quantitative estimate of drug-likeness (QED) is 0.735. The second-order valence-corrected chi connectivity index (χ2v) is 5.53. The van der Waals surface area contributed by atoms with Gasteiger partial charge in [0.25, 0.3) is 5.91 Å². The highest BCUT2D eigenvalue weighted by atomic mass is 16.5. The molecule has 1 amide bonds. The van der Waals surface area contributed by atoms with Gasteiger partial charge in [0.15, 0.2) is 0 Å². The Balaban J connectivity index is 1.52. The van der Waals surface area contributed by atoms with Gasteiger partial charge >= 0.3 is 0 Å². The van der Waals surface area contributed by atoms with Crippen LogP contribution < -0.4 is 10.1 Å². The van der Waals surface area contributed by atoms with Crippen LogP contribution in [0.15, 0.2) is 54.6 Å². The molecule has 3 rings (SSSR count). The highest BCUT2D eigenvalue weighted by Crippen LogP contribution is 2.20. The maximum Gasteiger partial charge on any atom is 0.268 e. The number of rotatable bonds is 5. The molecule has 4 nitrogen and oxygen atoms in total. The van der Waals surface area contributed by atoms with E-state index in [0.29, 0.717) is 18.8 Å². The van der Waals surface area contributed by atoms with Gasteiger partial charge in [-0.05, 0) is 42.0 Å². The van der Waals surface area contributed by atoms with Crippen molar-refractivity contribution in [3.05, 3.63) is 66.0 Å². The molecule has 0 radical (unpaired) electrons. The Labute approximate surface area is 135 Å². The van der Waals surface area contributed by atoms with Crippen LogP contribution in [-0.4, -0.2) is 23.6 Å². The number of aromatic nitrogens is 1. The SMILES string of the molecule is Cc1ccc(C(=O)NCCOc2ccc3ccccc3c2)n1C. The van der Waals surface area contributed by atoms with Gasteiger partial charge in [0.1, 0.15) is 18.1 Å². The molecule has 2 aromatic carbocycles. The molecule has 0 saturated heterocycles. The average Bonchev–Trinajstić information content (AvgIpc) is 2.91. The van der Waals surface area contributed by atoms with Crippen molar-refractivity contribution in [3.8, 4) is 5.75 Å². The molecule has 0 saturated carbocycles. The van der Waals surface area contributed by atoms with Crippen LogP contribution in [0.25, 0.3) is 10.8 Å². The Morgan fingerprint density at radius 2 is 1.87 bits per heavy atom. The van der Waals surface area contributed by atoms with Crippen molar-refractivity contribution in [2.24, 2.45) is 7.05 Å². The first-order valence-electron chi connectivity index (χ1n) is 7.67. The van der Waals surface area contributed by atoms with Gasteiger partial charge in [-0.2, -0.15) is 0 Å². The molecule has 1 aromatic heterocycles. The lowest BCUT2D eigenvalue weighted by atomic mass is 10.1. The lowest BCUT2D eigenvalue weighted by Gasteiger charge is -2.09. The zero-order valence-electron chi connectivity index (χ0n) is 13.4. The summed E-state index contributed by atoms with van der Waals surface area (Å²) in [5.74, 6) is 0.732. The number of hydrogen-bond donors (Lipinski definition) is 1. The summed E-state index contributed by atoms with van der Waals surface area (Å²) in [6, 6.07) is 17.9. The molecule has 4 heteroatoms. The molecule has 3 aromatic rings. The standard InChI is InChI=1S/C19H20N2O2/c1-14-7-10-18(21(14)2)19(22)20-11-12-23-17-9-8-15-5-3-4-6-16(15)13-17/h3-10,13H,11-12H2,1-2H3,(H,20,22). The van der Waals surface area contributed by atoms with E-state index in [0.717, 1.165) is 16.8 Å². The third-order valence-corrected chi connectivity index (χ3v) is 3.98. The predicted molar refractivity (Wildman–Crippen MR) is 91.9 cm³/mol. The highest BCUT2D eigenvalue weighted by molar-refractivity contribution is 5.92. The second-order valence-electron chi connectivity index (χ2n) is 5.53. The first kappa shape index (κ1) is 15.2. The topological polar surface area (TPSA) is 43.3 Å². The monoisotopic (exact) mass is 308 g/mol. The van der Waals surface area contributed by atoms with Crippen molar-refractivity contribution in [2.45, 2.75) is 6.92 Å². The highest BCUT2D eigenvalue weighted by Gasteiger charge is 2.09. The smallest absolute Gasteiger partial charge is 0.268 e. The lowest BCUT2D eigenvalue weighted by Crippen LogP contribution is -2.29. The predicted octanol–water partition coefficient (Wildman–Crippen LogP) is 3.30. The summed E-state index contributed by atoms with van der Waals surface area (Å²) in [6.45, 7) is 2.88. The Morgan fingerprint density at radius 1 is 1.09 bits per heavy atom. The van der Waals surface area contributed by atoms with E-state index in [1.165, 1.54) is 5.39 Å². The van der Waals surface area contributed by atoms with Crippen LogP contribution in [0.5, 0.6) is 5.75 Å². The largest absolute Gasteiger partial charge is 0.492 e. The number of aryl methyl sites for hydroxylation is 1. The molecule has 0 unspecified atom stereocenters. The Bertz CT molecular complexity index is 836. The molecule has 0 aliphatic rings. The van der Waals surface area contributed by atoms with Crippen LogP contribution >= 0.6 is 0 Å². The van der Waals surface area contributed by atoms with E-state index in [1.807, 2.05) is 61.0 Å². The van der Waals surface area contributed by atoms with Crippen molar-refractivity contribution < 1.29 is 9.53 Å². The fraction of sp³-hybridized carbons (Fsp3) is 0.211. The summed E-state index contributed by atoms with van der Waals surface area (Å²) in [6.07, 6.45) is 0. The maximum atomic E-state index is 12.1. The van der Waals surface area contributed by atoms with Gasteiger partial charge in [0, 0.05) is 12.7 Å². The molecular formula is C19H20N2O2. The van der Waals surface area contributed by atoms with Gasteiger partial charge in [0.2, 0.25) is 0 Å². The third-order valence-electron chi connectivity index (χ3n) is 3.98. The average molecular weight is 308 g/mol. The van der Waals surface area contributed by atoms with Crippen LogP contribution in [0.2, 0.25) is 0 Å². The lowest BCUT2D eigenvalue weighted by molar-refractivity contribution is 0.0938. The number of ether oxygens (including phenoxy) is 1. The summed E-state index contributed by atoms with van der Waals surface area (Å²) in [7, 11) is 1.88. The van der Waals surface area contributed by atoms with E-state index in [4.69, 9.17) is 4.74 Å². The van der Waals surface area contributed by atoms with Crippen molar-refractivity contribution in [1.82, 2.24) is 9.88 Å². The number of fused-ring (bicyclic) bond motifs is 1. The van der Waals surface area contributed by atoms with Crippen LogP contribution in [-0.2, 0) is 7.05 Å². The molecule has 0 fully saturated rings. The molecule has 1 heterocycles. The molecule has 0 aliphatic carbocycles. The van der Waals surface area contributed by atoms with E-state index < -0.39 is 0 Å². The van der Waals surface area contributed by atoms with Crippen molar-refractivity contribution in [1.29, 1.82) is 0 Å². The van der Waals surface area contributed by atoms with Crippen LogP contribution in [0.4, 0.5) is 0 Å². The summed E-state index contributed by atoms with van der Waals surface area (Å²) < 4.78 is 7.59. The van der Waals surface area contributed by atoms with Crippen molar-refractivity contribution in [2.75, 3.05) is 13.2 Å². The van der Waals surface area contributed by atoms with Crippen LogP contribution in [0, 0.1) is 6.92 Å². The first-order valence-corrected chi connectivity index (χ1v) is 7.67. The van der Waals surface area contributed by atoms with E-state index in [1.54, 1.807) is 0 Å². The minimum absolute atomic E-state index is 0.0808. The fourth-order valence-electron chi connectivity index (χ4n) is 2.52. The molecular weight excluding hydrogens is 288 g/mol. The molecule has 0 aliphatic heterocycles. The third kappa shape index (κ3) is 3.37. The zero-order chi connectivity index (χ0) is 16.2. The van der Waals surface area contributed by atoms with E-state index in [9.17, 15) is 4.79 Å². The maximum absolute atomic E-state index is 12.1. The number of amides is 1. The zero-order valence-corrected chi connectivity index (χ0v) is 13.4. The minimum Gasteiger partial charge on any atom is -0.492 e. The number of hydrogen-bond acceptors (Lipinski definition) is 2. The normalized spacial score (nSPS) is 10.7. The molecule has 0 atom stereocenters. The van der Waals surface area contributed by atoms with Crippen LogP contribution in [0.3, 0.4) is 0 Å². The fourth-order valence-corrected chi connectivity index (χ4v) is 2.52. The van der Waals surface area contributed by atoms with Gasteiger partial charge in [-0.25, -0.2) is 0 Å². The van der Waals surface area contributed by atoms with E-state index in [2.05, 4.69) is 17.4 Å². The van der Waals surface area contributed by atoms with Crippen molar-refractivity contribution in [3.63, 3.8) is 0 Å². The van der Waals surface area contributed by atoms with Gasteiger partial charge in [-0.1, -0.05) is 30.3 Å². The summed E-state index contributed by atoms with van der Waals surface area (Å²) in [4.78, 5) is 12.1. The number of carbonyl (C=O) groups is 1. The molecule has 23 heavy (non-hydrogen) atoms. The number of benzene rings is 2. The van der Waals surface area contributed by atoms with Gasteiger partial charge in [-0.15, -0.1) is 0 Å². The second kappa shape index (κ2) is 6.57. The van der Waals surface area contributed by atoms with Gasteiger partial charge < -0.3 is 14.6 Å². The van der Waals surface area contributed by atoms with Gasteiger partial charge in [0.05, 0.1) is 6.54 Å². The number of nitrogens with one attached hydrogen (secondary N) is 1. The van der Waals surface area contributed by atoms with Gasteiger partial charge in [-0.3, -0.25) is 4.79 Å². The minimum atomic E-state index is -0.0808. The Hall–Kier alpha value is -2.75. The summed E-state index contributed by atoms with van der Waals surface area (Å²) in [5.41, 5.74) is 1.72. The molecule has 118 valence electrons. The van der Waals surface area contributed by atoms with Crippen molar-refractivity contribution >= 4 is 16.7 Å². The molecule has 1 N–H and O–H groups in total. The summed E-state index contributed by atoms with van der Waals surface area (Å²) in [5, 5.41) is 5.21. The molecule has 0 spiro atoms. The van der Waals surface area contributed by atoms with E-state index in [-0.39, 0.29) is 5.91 Å². The summed E-state index contributed by atoms with van der Waals surface area (Å²) >= 11 is 0. The number of carbonyl (C=O) groups excluding carboxylic acids is 1.